The Morgan fingerprint density at radius 1 is 1.07 bits per heavy atom. The lowest BCUT2D eigenvalue weighted by Gasteiger charge is -2.20. The van der Waals surface area contributed by atoms with Crippen molar-refractivity contribution in [1.29, 1.82) is 0 Å². The molecule has 2 rings (SSSR count). The Kier molecular flexibility index (Phi) is 6.50. The van der Waals surface area contributed by atoms with Crippen LogP contribution in [-0.4, -0.2) is 23.5 Å². The molecule has 1 atom stereocenters. The van der Waals surface area contributed by atoms with Gasteiger partial charge < -0.3 is 15.4 Å². The fourth-order valence-corrected chi connectivity index (χ4v) is 2.58. The highest BCUT2D eigenvalue weighted by Gasteiger charge is 2.17. The van der Waals surface area contributed by atoms with E-state index in [0.717, 1.165) is 5.56 Å². The number of anilines is 1. The smallest absolute Gasteiger partial charge is 0.265 e. The molecule has 0 radical (unpaired) electrons. The zero-order valence-electron chi connectivity index (χ0n) is 16.2. The van der Waals surface area contributed by atoms with Gasteiger partial charge in [-0.05, 0) is 82.6 Å². The van der Waals surface area contributed by atoms with E-state index in [1.807, 2.05) is 27.7 Å². The summed E-state index contributed by atoms with van der Waals surface area (Å²) in [6, 6.07) is 12.0. The van der Waals surface area contributed by atoms with Crippen molar-refractivity contribution in [2.24, 2.45) is 0 Å². The van der Waals surface area contributed by atoms with E-state index in [1.54, 1.807) is 49.4 Å². The highest BCUT2D eigenvalue weighted by Crippen LogP contribution is 2.23. The van der Waals surface area contributed by atoms with E-state index >= 15 is 0 Å². The molecule has 0 aliphatic rings. The summed E-state index contributed by atoms with van der Waals surface area (Å²) in [4.78, 5) is 24.5. The quantitative estimate of drug-likeness (QED) is 0.787. The molecule has 2 aromatic rings. The molecular weight excluding hydrogens is 364 g/mol. The van der Waals surface area contributed by atoms with Crippen LogP contribution >= 0.6 is 11.6 Å². The second-order valence-electron chi connectivity index (χ2n) is 7.44. The molecule has 0 saturated heterocycles. The number of halogens is 1. The summed E-state index contributed by atoms with van der Waals surface area (Å²) in [6.45, 7) is 9.30. The van der Waals surface area contributed by atoms with Crippen LogP contribution < -0.4 is 15.4 Å². The molecule has 0 aliphatic heterocycles. The minimum Gasteiger partial charge on any atom is -0.481 e. The highest BCUT2D eigenvalue weighted by molar-refractivity contribution is 6.30. The average molecular weight is 389 g/mol. The predicted octanol–water partition coefficient (Wildman–Crippen LogP) is 4.58. The van der Waals surface area contributed by atoms with Crippen LogP contribution in [0.2, 0.25) is 5.02 Å². The SMILES string of the molecule is Cc1cc(Cl)ccc1OC(C)C(=O)Nc1ccc(C(=O)NC(C)(C)C)cc1. The minimum atomic E-state index is -0.686. The van der Waals surface area contributed by atoms with Gasteiger partial charge in [0, 0.05) is 21.8 Å². The number of ether oxygens (including phenoxy) is 1. The number of amides is 2. The van der Waals surface area contributed by atoms with Gasteiger partial charge in [-0.25, -0.2) is 0 Å². The van der Waals surface area contributed by atoms with E-state index in [0.29, 0.717) is 22.0 Å². The number of hydrogen-bond acceptors (Lipinski definition) is 3. The molecular formula is C21H25ClN2O3. The van der Waals surface area contributed by atoms with E-state index in [-0.39, 0.29) is 17.4 Å². The number of hydrogen-bond donors (Lipinski definition) is 2. The van der Waals surface area contributed by atoms with Crippen LogP contribution in [0, 0.1) is 6.92 Å². The van der Waals surface area contributed by atoms with Gasteiger partial charge in [0.2, 0.25) is 0 Å². The Bertz CT molecular complexity index is 826. The third kappa shape index (κ3) is 6.29. The molecule has 0 aromatic heterocycles. The van der Waals surface area contributed by atoms with Crippen molar-refractivity contribution < 1.29 is 14.3 Å². The summed E-state index contributed by atoms with van der Waals surface area (Å²) in [7, 11) is 0. The van der Waals surface area contributed by atoms with Crippen LogP contribution in [0.5, 0.6) is 5.75 Å². The summed E-state index contributed by atoms with van der Waals surface area (Å²) in [5.41, 5.74) is 1.67. The molecule has 0 bridgehead atoms. The van der Waals surface area contributed by atoms with Gasteiger partial charge in [-0.2, -0.15) is 0 Å². The standard InChI is InChI=1S/C21H25ClN2O3/c1-13-12-16(22)8-11-18(13)27-14(2)19(25)23-17-9-6-15(7-10-17)20(26)24-21(3,4)5/h6-12,14H,1-5H3,(H,23,25)(H,24,26). The van der Waals surface area contributed by atoms with Crippen LogP contribution in [-0.2, 0) is 4.79 Å². The predicted molar refractivity (Wildman–Crippen MR) is 109 cm³/mol. The second-order valence-corrected chi connectivity index (χ2v) is 7.88. The van der Waals surface area contributed by atoms with E-state index in [2.05, 4.69) is 10.6 Å². The van der Waals surface area contributed by atoms with Crippen molar-refractivity contribution in [3.05, 3.63) is 58.6 Å². The van der Waals surface area contributed by atoms with Gasteiger partial charge in [0.05, 0.1) is 0 Å². The first kappa shape index (κ1) is 20.8. The Morgan fingerprint density at radius 3 is 2.26 bits per heavy atom. The van der Waals surface area contributed by atoms with Gasteiger partial charge in [-0.15, -0.1) is 0 Å². The largest absolute Gasteiger partial charge is 0.481 e. The fraction of sp³-hybridized carbons (Fsp3) is 0.333. The van der Waals surface area contributed by atoms with Crippen LogP contribution in [0.25, 0.3) is 0 Å². The monoisotopic (exact) mass is 388 g/mol. The topological polar surface area (TPSA) is 67.4 Å². The molecule has 0 spiro atoms. The van der Waals surface area contributed by atoms with Crippen molar-refractivity contribution in [2.75, 3.05) is 5.32 Å². The van der Waals surface area contributed by atoms with Crippen LogP contribution in [0.1, 0.15) is 43.6 Å². The number of carbonyl (C=O) groups excluding carboxylic acids is 2. The molecule has 1 unspecified atom stereocenters. The molecule has 0 fully saturated rings. The maximum absolute atomic E-state index is 12.4. The first-order valence-electron chi connectivity index (χ1n) is 8.71. The molecule has 27 heavy (non-hydrogen) atoms. The van der Waals surface area contributed by atoms with Crippen LogP contribution in [0.4, 0.5) is 5.69 Å². The number of carbonyl (C=O) groups is 2. The van der Waals surface area contributed by atoms with E-state index in [1.165, 1.54) is 0 Å². The number of nitrogens with one attached hydrogen (secondary N) is 2. The number of benzene rings is 2. The molecule has 2 N–H and O–H groups in total. The summed E-state index contributed by atoms with van der Waals surface area (Å²) in [5.74, 6) is 0.169. The van der Waals surface area contributed by atoms with Gasteiger partial charge in [0.15, 0.2) is 6.10 Å². The van der Waals surface area contributed by atoms with Gasteiger partial charge >= 0.3 is 0 Å². The molecule has 2 amide bonds. The van der Waals surface area contributed by atoms with Gasteiger partial charge in [0.25, 0.3) is 11.8 Å². The zero-order chi connectivity index (χ0) is 20.2. The van der Waals surface area contributed by atoms with Crippen molar-refractivity contribution in [3.63, 3.8) is 0 Å². The lowest BCUT2D eigenvalue weighted by molar-refractivity contribution is -0.122. The molecule has 144 valence electrons. The van der Waals surface area contributed by atoms with E-state index < -0.39 is 6.10 Å². The molecule has 0 saturated carbocycles. The van der Waals surface area contributed by atoms with Gasteiger partial charge in [-0.1, -0.05) is 11.6 Å². The van der Waals surface area contributed by atoms with Crippen LogP contribution in [0.3, 0.4) is 0 Å². The molecule has 0 aliphatic carbocycles. The summed E-state index contributed by atoms with van der Waals surface area (Å²) in [6.07, 6.45) is -0.686. The average Bonchev–Trinajstić information content (AvgIpc) is 2.56. The van der Waals surface area contributed by atoms with Crippen LogP contribution in [0.15, 0.2) is 42.5 Å². The summed E-state index contributed by atoms with van der Waals surface area (Å²) >= 11 is 5.93. The Morgan fingerprint density at radius 2 is 1.70 bits per heavy atom. The maximum atomic E-state index is 12.4. The summed E-state index contributed by atoms with van der Waals surface area (Å²) < 4.78 is 5.72. The lowest BCUT2D eigenvalue weighted by atomic mass is 10.1. The molecule has 6 heteroatoms. The second kappa shape index (κ2) is 8.44. The van der Waals surface area contributed by atoms with E-state index in [4.69, 9.17) is 16.3 Å². The van der Waals surface area contributed by atoms with Crippen molar-refractivity contribution in [2.45, 2.75) is 46.3 Å². The molecule has 5 nitrogen and oxygen atoms in total. The normalized spacial score (nSPS) is 12.2. The third-order valence-electron chi connectivity index (χ3n) is 3.71. The first-order chi connectivity index (χ1) is 12.5. The Balaban J connectivity index is 1.97. The lowest BCUT2D eigenvalue weighted by Crippen LogP contribution is -2.40. The first-order valence-corrected chi connectivity index (χ1v) is 9.09. The van der Waals surface area contributed by atoms with Crippen molar-refractivity contribution in [3.8, 4) is 5.75 Å². The van der Waals surface area contributed by atoms with Crippen molar-refractivity contribution >= 4 is 29.1 Å². The van der Waals surface area contributed by atoms with Crippen molar-refractivity contribution in [1.82, 2.24) is 5.32 Å². The highest BCUT2D eigenvalue weighted by atomic mass is 35.5. The minimum absolute atomic E-state index is 0.157. The van der Waals surface area contributed by atoms with Gasteiger partial charge in [0.1, 0.15) is 5.75 Å². The number of rotatable bonds is 5. The zero-order valence-corrected chi connectivity index (χ0v) is 17.0. The fourth-order valence-electron chi connectivity index (χ4n) is 2.35. The Hall–Kier alpha value is -2.53. The maximum Gasteiger partial charge on any atom is 0.265 e. The Labute approximate surface area is 165 Å². The molecule has 2 aromatic carbocycles. The molecule has 0 heterocycles. The third-order valence-corrected chi connectivity index (χ3v) is 3.95. The van der Waals surface area contributed by atoms with E-state index in [9.17, 15) is 9.59 Å². The van der Waals surface area contributed by atoms with Gasteiger partial charge in [-0.3, -0.25) is 9.59 Å². The summed E-state index contributed by atoms with van der Waals surface area (Å²) in [5, 5.41) is 6.30. The number of aryl methyl sites for hydroxylation is 1.